The molecule has 1 aromatic rings. The highest BCUT2D eigenvalue weighted by Gasteiger charge is 2.27. The number of aliphatic hydroxyl groups excluding tert-OH is 2. The molecule has 0 saturated heterocycles. The summed E-state index contributed by atoms with van der Waals surface area (Å²) < 4.78 is 1.91. The molecule has 1 aromatic heterocycles. The Morgan fingerprint density at radius 1 is 1.24 bits per heavy atom. The van der Waals surface area contributed by atoms with Crippen LogP contribution in [0.1, 0.15) is 52.0 Å². The normalized spacial score (nSPS) is 15.2. The second kappa shape index (κ2) is 6.77. The molecule has 0 aliphatic heterocycles. The number of imidazole rings is 1. The Kier molecular flexibility index (Phi) is 5.65. The number of hydrogen-bond donors (Lipinski definition) is 2. The Balaban J connectivity index is 2.80. The molecule has 17 heavy (non-hydrogen) atoms. The SMILES string of the molecule is CCCn1ccnc1C(O)C(O)C(CC)CC. The summed E-state index contributed by atoms with van der Waals surface area (Å²) in [6.07, 6.45) is 4.61. The van der Waals surface area contributed by atoms with Gasteiger partial charge in [-0.15, -0.1) is 0 Å². The smallest absolute Gasteiger partial charge is 0.140 e. The van der Waals surface area contributed by atoms with Crippen LogP contribution in [-0.4, -0.2) is 25.9 Å². The summed E-state index contributed by atoms with van der Waals surface area (Å²) >= 11 is 0. The quantitative estimate of drug-likeness (QED) is 0.767. The fraction of sp³-hybridized carbons (Fsp3) is 0.769. The Bertz CT molecular complexity index is 321. The predicted molar refractivity (Wildman–Crippen MR) is 67.6 cm³/mol. The standard InChI is InChI=1S/C13H24N2O2/c1-4-8-15-9-7-14-13(15)12(17)11(16)10(5-2)6-3/h7,9-12,16-17H,4-6,8H2,1-3H3. The first-order valence-corrected chi connectivity index (χ1v) is 6.52. The van der Waals surface area contributed by atoms with Crippen LogP contribution in [0.3, 0.4) is 0 Å². The molecule has 98 valence electrons. The molecule has 0 amide bonds. The minimum absolute atomic E-state index is 0.122. The van der Waals surface area contributed by atoms with Gasteiger partial charge in [0.05, 0.1) is 6.10 Å². The van der Waals surface area contributed by atoms with Crippen LogP contribution in [0.4, 0.5) is 0 Å². The van der Waals surface area contributed by atoms with Crippen molar-refractivity contribution in [3.63, 3.8) is 0 Å². The van der Waals surface area contributed by atoms with E-state index in [2.05, 4.69) is 11.9 Å². The monoisotopic (exact) mass is 240 g/mol. The van der Waals surface area contributed by atoms with Crippen molar-refractivity contribution in [2.75, 3.05) is 0 Å². The van der Waals surface area contributed by atoms with E-state index >= 15 is 0 Å². The summed E-state index contributed by atoms with van der Waals surface area (Å²) in [5.74, 6) is 0.697. The van der Waals surface area contributed by atoms with Gasteiger partial charge in [0.2, 0.25) is 0 Å². The van der Waals surface area contributed by atoms with Crippen molar-refractivity contribution in [1.29, 1.82) is 0 Å². The highest BCUT2D eigenvalue weighted by molar-refractivity contribution is 4.99. The first-order valence-electron chi connectivity index (χ1n) is 6.52. The zero-order valence-corrected chi connectivity index (χ0v) is 11.0. The van der Waals surface area contributed by atoms with Gasteiger partial charge >= 0.3 is 0 Å². The lowest BCUT2D eigenvalue weighted by atomic mass is 9.92. The number of rotatable bonds is 7. The van der Waals surface area contributed by atoms with Crippen LogP contribution in [0.15, 0.2) is 12.4 Å². The predicted octanol–water partition coefficient (Wildman–Crippen LogP) is 2.12. The van der Waals surface area contributed by atoms with Gasteiger partial charge in [0.1, 0.15) is 11.9 Å². The number of aryl methyl sites for hydroxylation is 1. The van der Waals surface area contributed by atoms with E-state index in [0.29, 0.717) is 5.82 Å². The van der Waals surface area contributed by atoms with Crippen LogP contribution in [0.5, 0.6) is 0 Å². The van der Waals surface area contributed by atoms with Crippen LogP contribution >= 0.6 is 0 Å². The Morgan fingerprint density at radius 3 is 2.41 bits per heavy atom. The fourth-order valence-corrected chi connectivity index (χ4v) is 2.20. The lowest BCUT2D eigenvalue weighted by molar-refractivity contribution is -0.0269. The number of aromatic nitrogens is 2. The van der Waals surface area contributed by atoms with Crippen molar-refractivity contribution in [2.24, 2.45) is 5.92 Å². The molecule has 1 rings (SSSR count). The maximum absolute atomic E-state index is 10.2. The number of hydrogen-bond acceptors (Lipinski definition) is 3. The van der Waals surface area contributed by atoms with Crippen molar-refractivity contribution in [3.05, 3.63) is 18.2 Å². The molecule has 0 fully saturated rings. The second-order valence-electron chi connectivity index (χ2n) is 4.49. The topological polar surface area (TPSA) is 58.3 Å². The van der Waals surface area contributed by atoms with Gasteiger partial charge in [0.25, 0.3) is 0 Å². The molecule has 0 aromatic carbocycles. The molecular formula is C13H24N2O2. The molecule has 2 unspecified atom stereocenters. The number of nitrogens with zero attached hydrogens (tertiary/aromatic N) is 2. The largest absolute Gasteiger partial charge is 0.390 e. The van der Waals surface area contributed by atoms with E-state index in [1.807, 2.05) is 24.6 Å². The van der Waals surface area contributed by atoms with E-state index in [1.54, 1.807) is 6.20 Å². The summed E-state index contributed by atoms with van der Waals surface area (Å²) in [4.78, 5) is 4.16. The number of aliphatic hydroxyl groups is 2. The Morgan fingerprint density at radius 2 is 1.88 bits per heavy atom. The lowest BCUT2D eigenvalue weighted by Crippen LogP contribution is -2.29. The Hall–Kier alpha value is -0.870. The third kappa shape index (κ3) is 3.30. The van der Waals surface area contributed by atoms with Gasteiger partial charge in [-0.2, -0.15) is 0 Å². The minimum atomic E-state index is -0.888. The molecule has 0 bridgehead atoms. The summed E-state index contributed by atoms with van der Waals surface area (Å²) in [6.45, 7) is 6.96. The minimum Gasteiger partial charge on any atom is -0.390 e. The molecule has 2 atom stereocenters. The van der Waals surface area contributed by atoms with Gasteiger partial charge in [-0.25, -0.2) is 4.98 Å². The highest BCUT2D eigenvalue weighted by atomic mass is 16.3. The first-order chi connectivity index (χ1) is 8.15. The van der Waals surface area contributed by atoms with Crippen LogP contribution in [0, 0.1) is 5.92 Å². The average Bonchev–Trinajstić information content (AvgIpc) is 2.78. The third-order valence-electron chi connectivity index (χ3n) is 3.33. The molecule has 0 radical (unpaired) electrons. The summed E-state index contributed by atoms with van der Waals surface area (Å²) in [6, 6.07) is 0. The lowest BCUT2D eigenvalue weighted by Gasteiger charge is -2.25. The van der Waals surface area contributed by atoms with Gasteiger partial charge in [0.15, 0.2) is 0 Å². The molecule has 0 spiro atoms. The first kappa shape index (κ1) is 14.2. The van der Waals surface area contributed by atoms with Crippen molar-refractivity contribution < 1.29 is 10.2 Å². The van der Waals surface area contributed by atoms with E-state index in [9.17, 15) is 10.2 Å². The molecular weight excluding hydrogens is 216 g/mol. The molecule has 1 heterocycles. The molecule has 2 N–H and O–H groups in total. The summed E-state index contributed by atoms with van der Waals surface area (Å²) in [7, 11) is 0. The second-order valence-corrected chi connectivity index (χ2v) is 4.49. The maximum atomic E-state index is 10.2. The van der Waals surface area contributed by atoms with E-state index in [0.717, 1.165) is 25.8 Å². The van der Waals surface area contributed by atoms with Gasteiger partial charge in [0, 0.05) is 18.9 Å². The van der Waals surface area contributed by atoms with Crippen LogP contribution in [-0.2, 0) is 6.54 Å². The fourth-order valence-electron chi connectivity index (χ4n) is 2.20. The van der Waals surface area contributed by atoms with Crippen LogP contribution < -0.4 is 0 Å². The molecule has 0 aliphatic rings. The van der Waals surface area contributed by atoms with E-state index in [-0.39, 0.29) is 5.92 Å². The van der Waals surface area contributed by atoms with Crippen molar-refractivity contribution in [1.82, 2.24) is 9.55 Å². The van der Waals surface area contributed by atoms with Gasteiger partial charge < -0.3 is 14.8 Å². The summed E-state index contributed by atoms with van der Waals surface area (Å²) in [5.41, 5.74) is 0. The summed E-state index contributed by atoms with van der Waals surface area (Å²) in [5, 5.41) is 20.3. The van der Waals surface area contributed by atoms with Crippen molar-refractivity contribution in [3.8, 4) is 0 Å². The zero-order chi connectivity index (χ0) is 12.8. The van der Waals surface area contributed by atoms with Crippen molar-refractivity contribution in [2.45, 2.75) is 58.8 Å². The molecule has 0 saturated carbocycles. The van der Waals surface area contributed by atoms with Gasteiger partial charge in [-0.3, -0.25) is 0 Å². The zero-order valence-electron chi connectivity index (χ0n) is 11.0. The third-order valence-corrected chi connectivity index (χ3v) is 3.33. The average molecular weight is 240 g/mol. The van der Waals surface area contributed by atoms with E-state index in [4.69, 9.17) is 0 Å². The van der Waals surface area contributed by atoms with Gasteiger partial charge in [-0.05, 0) is 12.3 Å². The van der Waals surface area contributed by atoms with E-state index < -0.39 is 12.2 Å². The maximum Gasteiger partial charge on any atom is 0.140 e. The molecule has 4 heteroatoms. The van der Waals surface area contributed by atoms with E-state index in [1.165, 1.54) is 0 Å². The van der Waals surface area contributed by atoms with Gasteiger partial charge in [-0.1, -0.05) is 33.6 Å². The van der Waals surface area contributed by atoms with Crippen LogP contribution in [0.25, 0.3) is 0 Å². The van der Waals surface area contributed by atoms with Crippen LogP contribution in [0.2, 0.25) is 0 Å². The van der Waals surface area contributed by atoms with Crippen molar-refractivity contribution >= 4 is 0 Å². The highest BCUT2D eigenvalue weighted by Crippen LogP contribution is 2.25. The molecule has 0 aliphatic carbocycles. The Labute approximate surface area is 103 Å². The molecule has 4 nitrogen and oxygen atoms in total.